The molecule has 0 aliphatic carbocycles. The summed E-state index contributed by atoms with van der Waals surface area (Å²) >= 11 is 0. The number of aromatic nitrogens is 1. The van der Waals surface area contributed by atoms with Crippen LogP contribution >= 0.6 is 0 Å². The third-order valence-electron chi connectivity index (χ3n) is 7.04. The van der Waals surface area contributed by atoms with Crippen molar-refractivity contribution in [1.82, 2.24) is 0 Å². The highest BCUT2D eigenvalue weighted by molar-refractivity contribution is 6.77. The van der Waals surface area contributed by atoms with Gasteiger partial charge in [0.2, 0.25) is 5.69 Å². The zero-order chi connectivity index (χ0) is 20.1. The lowest BCUT2D eigenvalue weighted by atomic mass is 9.90. The van der Waals surface area contributed by atoms with Crippen molar-refractivity contribution < 1.29 is 4.57 Å². The molecule has 2 heteroatoms. The van der Waals surface area contributed by atoms with Gasteiger partial charge in [0.1, 0.15) is 7.05 Å². The first-order valence-corrected chi connectivity index (χ1v) is 14.2. The summed E-state index contributed by atoms with van der Waals surface area (Å²) in [6, 6.07) is 17.2. The fourth-order valence-electron chi connectivity index (χ4n) is 5.00. The molecule has 0 bridgehead atoms. The first-order chi connectivity index (χ1) is 13.2. The second-order valence-electron chi connectivity index (χ2n) is 9.81. The molecule has 0 saturated carbocycles. The molecule has 1 fully saturated rings. The van der Waals surface area contributed by atoms with Crippen LogP contribution in [0.2, 0.25) is 25.2 Å². The van der Waals surface area contributed by atoms with Crippen LogP contribution < -0.4 is 4.57 Å². The molecule has 2 heterocycles. The van der Waals surface area contributed by atoms with E-state index in [-0.39, 0.29) is 0 Å². The van der Waals surface area contributed by atoms with Crippen molar-refractivity contribution in [2.75, 3.05) is 0 Å². The highest BCUT2D eigenvalue weighted by atomic mass is 28.3. The van der Waals surface area contributed by atoms with Crippen molar-refractivity contribution in [3.05, 3.63) is 64.8 Å². The molecule has 1 nitrogen and oxygen atoms in total. The standard InChI is InChI=1S/C26H34NSi/c1-18-15-19(2)20(3)25(16-18)26-24-8-7-22(17-23(24)9-12-27(26)4)21-10-13-28(5,6)14-11-21/h7-9,12,15-17,21H,10-11,13-14H2,1-6H3/q+1. The third-order valence-corrected chi connectivity index (χ3v) is 10.3. The summed E-state index contributed by atoms with van der Waals surface area (Å²) in [5, 5.41) is 2.75. The fourth-order valence-corrected chi connectivity index (χ4v) is 7.51. The van der Waals surface area contributed by atoms with Crippen LogP contribution in [0.1, 0.15) is 41.0 Å². The molecule has 1 aliphatic heterocycles. The first-order valence-electron chi connectivity index (χ1n) is 10.8. The van der Waals surface area contributed by atoms with Gasteiger partial charge in [-0.25, -0.2) is 4.57 Å². The highest BCUT2D eigenvalue weighted by Crippen LogP contribution is 2.39. The second-order valence-corrected chi connectivity index (χ2v) is 15.1. The fraction of sp³-hybridized carbons (Fsp3) is 0.423. The lowest BCUT2D eigenvalue weighted by Gasteiger charge is -2.33. The lowest BCUT2D eigenvalue weighted by Crippen LogP contribution is -2.31. The van der Waals surface area contributed by atoms with Gasteiger partial charge in [-0.1, -0.05) is 48.9 Å². The van der Waals surface area contributed by atoms with Gasteiger partial charge >= 0.3 is 0 Å². The van der Waals surface area contributed by atoms with Crippen molar-refractivity contribution in [1.29, 1.82) is 0 Å². The Bertz CT molecular complexity index is 1040. The summed E-state index contributed by atoms with van der Waals surface area (Å²) in [5.41, 5.74) is 8.35. The van der Waals surface area contributed by atoms with Crippen LogP contribution in [0.3, 0.4) is 0 Å². The second kappa shape index (κ2) is 7.15. The zero-order valence-electron chi connectivity index (χ0n) is 18.4. The molecule has 0 unspecified atom stereocenters. The third kappa shape index (κ3) is 3.55. The molecule has 1 aromatic heterocycles. The molecule has 1 aliphatic rings. The Kier molecular flexibility index (Phi) is 4.95. The van der Waals surface area contributed by atoms with Gasteiger partial charge in [0.25, 0.3) is 0 Å². The normalized spacial score (nSPS) is 17.2. The minimum atomic E-state index is -0.900. The van der Waals surface area contributed by atoms with E-state index in [1.807, 2.05) is 0 Å². The van der Waals surface area contributed by atoms with Gasteiger partial charge in [0.15, 0.2) is 6.20 Å². The molecule has 0 N–H and O–H groups in total. The number of aryl methyl sites for hydroxylation is 3. The number of fused-ring (bicyclic) bond motifs is 1. The van der Waals surface area contributed by atoms with Crippen LogP contribution in [0.25, 0.3) is 22.0 Å². The van der Waals surface area contributed by atoms with E-state index in [0.717, 1.165) is 5.92 Å². The van der Waals surface area contributed by atoms with Crippen LogP contribution in [0, 0.1) is 20.8 Å². The Balaban J connectivity index is 1.81. The van der Waals surface area contributed by atoms with Crippen molar-refractivity contribution >= 4 is 18.8 Å². The molecule has 3 aromatic rings. The summed E-state index contributed by atoms with van der Waals surface area (Å²) in [6.45, 7) is 11.8. The summed E-state index contributed by atoms with van der Waals surface area (Å²) in [5.74, 6) is 0.755. The molecule has 0 radical (unpaired) electrons. The molecule has 0 spiro atoms. The smallest absolute Gasteiger partial charge is 0.200 e. The quantitative estimate of drug-likeness (QED) is 0.334. The SMILES string of the molecule is Cc1cc(C)c(C)c(-c2c3ccc(C4CC[Si](C)(C)CC4)cc3cc[n+]2C)c1. The molecule has 2 aromatic carbocycles. The monoisotopic (exact) mass is 388 g/mol. The molecule has 1 saturated heterocycles. The number of hydrogen-bond donors (Lipinski definition) is 0. The Morgan fingerprint density at radius 3 is 2.36 bits per heavy atom. The maximum absolute atomic E-state index is 2.56. The van der Waals surface area contributed by atoms with E-state index in [1.165, 1.54) is 63.7 Å². The van der Waals surface area contributed by atoms with Crippen LogP contribution in [-0.4, -0.2) is 8.07 Å². The van der Waals surface area contributed by atoms with E-state index in [0.29, 0.717) is 0 Å². The maximum atomic E-state index is 2.56. The van der Waals surface area contributed by atoms with Gasteiger partial charge < -0.3 is 0 Å². The Labute approximate surface area is 171 Å². The van der Waals surface area contributed by atoms with Gasteiger partial charge in [0.05, 0.1) is 10.9 Å². The first kappa shape index (κ1) is 19.4. The van der Waals surface area contributed by atoms with Crippen molar-refractivity contribution in [2.24, 2.45) is 7.05 Å². The van der Waals surface area contributed by atoms with Crippen LogP contribution in [0.15, 0.2) is 42.6 Å². The Hall–Kier alpha value is -1.93. The van der Waals surface area contributed by atoms with Gasteiger partial charge in [-0.2, -0.15) is 0 Å². The number of benzene rings is 2. The van der Waals surface area contributed by atoms with E-state index < -0.39 is 8.07 Å². The van der Waals surface area contributed by atoms with E-state index in [4.69, 9.17) is 0 Å². The van der Waals surface area contributed by atoms with Gasteiger partial charge in [-0.3, -0.25) is 0 Å². The van der Waals surface area contributed by atoms with E-state index in [1.54, 1.807) is 5.56 Å². The molecule has 4 rings (SSSR count). The minimum Gasteiger partial charge on any atom is -0.200 e. The number of nitrogens with zero attached hydrogens (tertiary/aromatic N) is 1. The largest absolute Gasteiger partial charge is 0.220 e. The molecular formula is C26H34NSi+. The van der Waals surface area contributed by atoms with Crippen LogP contribution in [0.4, 0.5) is 0 Å². The van der Waals surface area contributed by atoms with Gasteiger partial charge in [-0.15, -0.1) is 0 Å². The topological polar surface area (TPSA) is 3.88 Å². The predicted molar refractivity (Wildman–Crippen MR) is 124 cm³/mol. The maximum Gasteiger partial charge on any atom is 0.220 e. The summed E-state index contributed by atoms with van der Waals surface area (Å²) in [4.78, 5) is 0. The van der Waals surface area contributed by atoms with Crippen LogP contribution in [-0.2, 0) is 7.05 Å². The van der Waals surface area contributed by atoms with E-state index >= 15 is 0 Å². The molecule has 28 heavy (non-hydrogen) atoms. The van der Waals surface area contributed by atoms with Crippen molar-refractivity contribution in [3.8, 4) is 11.3 Å². The molecule has 0 atom stereocenters. The molecule has 0 amide bonds. The van der Waals surface area contributed by atoms with E-state index in [2.05, 4.69) is 88.1 Å². The zero-order valence-corrected chi connectivity index (χ0v) is 19.4. The number of hydrogen-bond acceptors (Lipinski definition) is 0. The molecule has 146 valence electrons. The number of pyridine rings is 1. The average Bonchev–Trinajstić information content (AvgIpc) is 2.64. The number of rotatable bonds is 2. The van der Waals surface area contributed by atoms with Gasteiger partial charge in [-0.05, 0) is 73.7 Å². The summed E-state index contributed by atoms with van der Waals surface area (Å²) in [6.07, 6.45) is 5.00. The average molecular weight is 389 g/mol. The lowest BCUT2D eigenvalue weighted by molar-refractivity contribution is -0.659. The summed E-state index contributed by atoms with van der Waals surface area (Å²) < 4.78 is 2.29. The van der Waals surface area contributed by atoms with Crippen molar-refractivity contribution in [3.63, 3.8) is 0 Å². The Morgan fingerprint density at radius 2 is 1.64 bits per heavy atom. The van der Waals surface area contributed by atoms with Crippen LogP contribution in [0.5, 0.6) is 0 Å². The summed E-state index contributed by atoms with van der Waals surface area (Å²) in [7, 11) is 1.27. The molecular weight excluding hydrogens is 354 g/mol. The highest BCUT2D eigenvalue weighted by Gasteiger charge is 2.29. The van der Waals surface area contributed by atoms with E-state index in [9.17, 15) is 0 Å². The predicted octanol–water partition coefficient (Wildman–Crippen LogP) is 6.84. The Morgan fingerprint density at radius 1 is 0.929 bits per heavy atom. The van der Waals surface area contributed by atoms with Crippen molar-refractivity contribution in [2.45, 2.75) is 64.7 Å². The van der Waals surface area contributed by atoms with Gasteiger partial charge in [0, 0.05) is 14.1 Å². The minimum absolute atomic E-state index is 0.755.